The minimum atomic E-state index is -0.326. The standard InChI is InChI=1S/C25H30N4O5.C2H4O.C2H6/c1-16(2)28-6-8-29(9-7-28)25(32)34-13-17-4-5-20(19(10-17)14-33-3)18-11-21-23(22(30)12-18)26-15-27-24(21)31;1-2-3;1-2/h4-5,10-12,15-16,30H,6-9,13-14H2,1-3H3,(H,26,27,31);2-3H,1H2;1-2H3. The number of carbonyl (C=O) groups excluding carboxylic acids is 1. The van der Waals surface area contributed by atoms with Crippen LogP contribution in [0, 0.1) is 0 Å². The summed E-state index contributed by atoms with van der Waals surface area (Å²) in [5.41, 5.74) is 3.08. The number of hydrogen-bond donors (Lipinski definition) is 3. The number of phenolic OH excluding ortho intramolecular Hbond substituents is 1. The first-order chi connectivity index (χ1) is 18.8. The van der Waals surface area contributed by atoms with E-state index in [1.807, 2.05) is 32.0 Å². The number of fused-ring (bicyclic) bond motifs is 1. The fourth-order valence-electron chi connectivity index (χ4n) is 4.27. The van der Waals surface area contributed by atoms with Crippen LogP contribution in [-0.2, 0) is 22.7 Å². The molecule has 39 heavy (non-hydrogen) atoms. The molecule has 212 valence electrons. The molecule has 0 spiro atoms. The van der Waals surface area contributed by atoms with Gasteiger partial charge >= 0.3 is 6.09 Å². The Balaban J connectivity index is 0.000000998. The molecule has 4 rings (SSSR count). The Hall–Kier alpha value is -3.89. The smallest absolute Gasteiger partial charge is 0.410 e. The molecule has 1 saturated heterocycles. The minimum absolute atomic E-state index is 0.0717. The molecule has 10 heteroatoms. The summed E-state index contributed by atoms with van der Waals surface area (Å²) in [6, 6.07) is 9.41. The number of hydrogen-bond acceptors (Lipinski definition) is 8. The minimum Gasteiger partial charge on any atom is -0.516 e. The van der Waals surface area contributed by atoms with Crippen molar-refractivity contribution in [2.24, 2.45) is 0 Å². The maximum Gasteiger partial charge on any atom is 0.410 e. The van der Waals surface area contributed by atoms with Gasteiger partial charge in [-0.1, -0.05) is 32.6 Å². The van der Waals surface area contributed by atoms with Crippen LogP contribution in [0.25, 0.3) is 22.0 Å². The number of nitrogens with one attached hydrogen (secondary N) is 1. The van der Waals surface area contributed by atoms with Gasteiger partial charge in [0.05, 0.1) is 24.6 Å². The molecule has 2 aromatic carbocycles. The van der Waals surface area contributed by atoms with Gasteiger partial charge in [-0.3, -0.25) is 9.69 Å². The number of piperazine rings is 1. The average Bonchev–Trinajstić information content (AvgIpc) is 2.94. The number of nitrogens with zero attached hydrogens (tertiary/aromatic N) is 3. The average molecular weight is 541 g/mol. The van der Waals surface area contributed by atoms with E-state index < -0.39 is 0 Å². The number of benzene rings is 2. The van der Waals surface area contributed by atoms with Crippen LogP contribution in [0.15, 0.2) is 54.3 Å². The van der Waals surface area contributed by atoms with E-state index >= 15 is 0 Å². The summed E-state index contributed by atoms with van der Waals surface area (Å²) in [4.78, 5) is 35.4. The Kier molecular flexibility index (Phi) is 12.5. The molecule has 2 heterocycles. The number of aromatic amines is 1. The molecule has 3 N–H and O–H groups in total. The number of aromatic hydroxyl groups is 1. The Labute approximate surface area is 229 Å². The fourth-order valence-corrected chi connectivity index (χ4v) is 4.27. The van der Waals surface area contributed by atoms with Crippen molar-refractivity contribution in [2.75, 3.05) is 33.3 Å². The number of amides is 1. The quantitative estimate of drug-likeness (QED) is 0.380. The summed E-state index contributed by atoms with van der Waals surface area (Å²) in [5.74, 6) is -0.0717. The van der Waals surface area contributed by atoms with Crippen LogP contribution < -0.4 is 5.56 Å². The third kappa shape index (κ3) is 8.30. The summed E-state index contributed by atoms with van der Waals surface area (Å²) in [5, 5.41) is 18.1. The van der Waals surface area contributed by atoms with E-state index in [9.17, 15) is 14.7 Å². The molecule has 3 aromatic rings. The molecule has 0 saturated carbocycles. The van der Waals surface area contributed by atoms with E-state index in [0.717, 1.165) is 36.0 Å². The number of methoxy groups -OCH3 is 1. The van der Waals surface area contributed by atoms with Crippen molar-refractivity contribution < 1.29 is 24.5 Å². The predicted octanol–water partition coefficient (Wildman–Crippen LogP) is 4.82. The lowest BCUT2D eigenvalue weighted by Crippen LogP contribution is -2.50. The van der Waals surface area contributed by atoms with Crippen LogP contribution in [-0.4, -0.2) is 75.4 Å². The van der Waals surface area contributed by atoms with Crippen molar-refractivity contribution in [1.29, 1.82) is 0 Å². The summed E-state index contributed by atoms with van der Waals surface area (Å²) in [6.45, 7) is 14.7. The van der Waals surface area contributed by atoms with Crippen molar-refractivity contribution in [3.8, 4) is 16.9 Å². The second-order valence-electron chi connectivity index (χ2n) is 8.90. The maximum absolute atomic E-state index is 12.5. The van der Waals surface area contributed by atoms with Crippen LogP contribution in [0.4, 0.5) is 4.79 Å². The summed E-state index contributed by atoms with van der Waals surface area (Å²) < 4.78 is 10.9. The largest absolute Gasteiger partial charge is 0.516 e. The van der Waals surface area contributed by atoms with Crippen LogP contribution in [0.2, 0.25) is 0 Å². The Bertz CT molecular complexity index is 1280. The van der Waals surface area contributed by atoms with Crippen LogP contribution in [0.5, 0.6) is 5.75 Å². The van der Waals surface area contributed by atoms with Gasteiger partial charge in [-0.15, -0.1) is 0 Å². The lowest BCUT2D eigenvalue weighted by atomic mass is 9.96. The highest BCUT2D eigenvalue weighted by molar-refractivity contribution is 5.89. The van der Waals surface area contributed by atoms with E-state index in [1.54, 1.807) is 24.1 Å². The normalized spacial score (nSPS) is 13.2. The number of aliphatic hydroxyl groups is 1. The molecule has 0 aliphatic carbocycles. The van der Waals surface area contributed by atoms with Crippen LogP contribution in [0.1, 0.15) is 38.8 Å². The number of carbonyl (C=O) groups is 1. The maximum atomic E-state index is 12.5. The number of aliphatic hydroxyl groups excluding tert-OH is 1. The van der Waals surface area contributed by atoms with E-state index in [0.29, 0.717) is 36.7 Å². The molecule has 1 aliphatic heterocycles. The van der Waals surface area contributed by atoms with Gasteiger partial charge in [0.15, 0.2) is 0 Å². The summed E-state index contributed by atoms with van der Waals surface area (Å²) >= 11 is 0. The molecule has 1 aliphatic rings. The van der Waals surface area contributed by atoms with Gasteiger partial charge < -0.3 is 29.6 Å². The molecule has 1 fully saturated rings. The number of rotatable bonds is 6. The first kappa shape index (κ1) is 31.3. The van der Waals surface area contributed by atoms with Gasteiger partial charge in [0, 0.05) is 39.3 Å². The van der Waals surface area contributed by atoms with E-state index in [-0.39, 0.29) is 29.5 Å². The van der Waals surface area contributed by atoms with Gasteiger partial charge in [0.25, 0.3) is 5.56 Å². The molecular weight excluding hydrogens is 500 g/mol. The number of phenols is 1. The predicted molar refractivity (Wildman–Crippen MR) is 153 cm³/mol. The Morgan fingerprint density at radius 2 is 1.82 bits per heavy atom. The zero-order valence-corrected chi connectivity index (χ0v) is 23.4. The van der Waals surface area contributed by atoms with Crippen molar-refractivity contribution in [2.45, 2.75) is 47.0 Å². The molecule has 1 amide bonds. The molecule has 0 atom stereocenters. The van der Waals surface area contributed by atoms with Crippen molar-refractivity contribution in [3.05, 3.63) is 71.0 Å². The van der Waals surface area contributed by atoms with E-state index in [4.69, 9.17) is 14.6 Å². The molecule has 0 radical (unpaired) electrons. The van der Waals surface area contributed by atoms with Gasteiger partial charge in [0.2, 0.25) is 0 Å². The van der Waals surface area contributed by atoms with Crippen LogP contribution in [0.3, 0.4) is 0 Å². The topological polar surface area (TPSA) is 128 Å². The van der Waals surface area contributed by atoms with Crippen LogP contribution >= 0.6 is 0 Å². The monoisotopic (exact) mass is 540 g/mol. The van der Waals surface area contributed by atoms with Gasteiger partial charge in [-0.05, 0) is 54.3 Å². The zero-order chi connectivity index (χ0) is 28.9. The first-order valence-corrected chi connectivity index (χ1v) is 13.0. The highest BCUT2D eigenvalue weighted by Gasteiger charge is 2.23. The second-order valence-corrected chi connectivity index (χ2v) is 8.90. The van der Waals surface area contributed by atoms with Crippen molar-refractivity contribution in [1.82, 2.24) is 19.8 Å². The van der Waals surface area contributed by atoms with Crippen molar-refractivity contribution >= 4 is 17.0 Å². The van der Waals surface area contributed by atoms with E-state index in [2.05, 4.69) is 35.3 Å². The number of H-pyrrole nitrogens is 1. The third-order valence-corrected chi connectivity index (χ3v) is 6.17. The third-order valence-electron chi connectivity index (χ3n) is 6.17. The highest BCUT2D eigenvalue weighted by Crippen LogP contribution is 2.32. The second kappa shape index (κ2) is 15.5. The molecule has 10 nitrogen and oxygen atoms in total. The summed E-state index contributed by atoms with van der Waals surface area (Å²) in [7, 11) is 1.60. The summed E-state index contributed by atoms with van der Waals surface area (Å²) in [6.07, 6.45) is 1.70. The zero-order valence-electron chi connectivity index (χ0n) is 23.4. The van der Waals surface area contributed by atoms with Gasteiger partial charge in [0.1, 0.15) is 17.9 Å². The lowest BCUT2D eigenvalue weighted by Gasteiger charge is -2.36. The van der Waals surface area contributed by atoms with E-state index in [1.165, 1.54) is 6.33 Å². The SMILES string of the molecule is C=CO.CC.COCc1cc(COC(=O)N2CCN(C(C)C)CC2)ccc1-c1cc(O)c2nc[nH]c(=O)c2c1. The van der Waals surface area contributed by atoms with Gasteiger partial charge in [-0.2, -0.15) is 0 Å². The fraction of sp³-hybridized carbons (Fsp3) is 0.414. The van der Waals surface area contributed by atoms with Gasteiger partial charge in [-0.25, -0.2) is 9.78 Å². The molecule has 0 bridgehead atoms. The Morgan fingerprint density at radius 1 is 1.15 bits per heavy atom. The number of aromatic nitrogens is 2. The van der Waals surface area contributed by atoms with Crippen molar-refractivity contribution in [3.63, 3.8) is 0 Å². The molecule has 1 aromatic heterocycles. The first-order valence-electron chi connectivity index (χ1n) is 13.0. The Morgan fingerprint density at radius 3 is 2.44 bits per heavy atom. The molecule has 0 unspecified atom stereocenters. The lowest BCUT2D eigenvalue weighted by molar-refractivity contribution is 0.0642. The molecular formula is C29H40N4O6. The number of ether oxygens (including phenoxy) is 2. The highest BCUT2D eigenvalue weighted by atomic mass is 16.6.